The van der Waals surface area contributed by atoms with E-state index in [1.54, 1.807) is 4.88 Å². The number of hydrogen-bond donors (Lipinski definition) is 1. The monoisotopic (exact) mass is 439 g/mol. The first-order valence-electron chi connectivity index (χ1n) is 11.4. The van der Waals surface area contributed by atoms with Crippen molar-refractivity contribution in [2.45, 2.75) is 31.7 Å². The summed E-state index contributed by atoms with van der Waals surface area (Å²) in [5, 5.41) is 5.84. The van der Waals surface area contributed by atoms with E-state index >= 15 is 0 Å². The predicted molar refractivity (Wildman–Crippen MR) is 127 cm³/mol. The van der Waals surface area contributed by atoms with Crippen LogP contribution in [-0.4, -0.2) is 85.7 Å². The fourth-order valence-electron chi connectivity index (χ4n) is 5.10. The summed E-state index contributed by atoms with van der Waals surface area (Å²) in [5.41, 5.74) is 2.89. The minimum absolute atomic E-state index is 0.259. The Hall–Kier alpha value is -1.93. The number of thiophene rings is 1. The number of rotatable bonds is 5. The summed E-state index contributed by atoms with van der Waals surface area (Å²) >= 11 is 1.90. The van der Waals surface area contributed by atoms with Crippen molar-refractivity contribution in [2.24, 2.45) is 4.99 Å². The summed E-state index contributed by atoms with van der Waals surface area (Å²) in [7, 11) is 1.89. The van der Waals surface area contributed by atoms with Gasteiger partial charge in [0.1, 0.15) is 0 Å². The smallest absolute Gasteiger partial charge is 0.193 e. The molecular formula is C24H33N5OS. The number of nitrogens with zero attached hydrogens (tertiary/aromatic N) is 4. The third-order valence-corrected chi connectivity index (χ3v) is 7.78. The van der Waals surface area contributed by atoms with Gasteiger partial charge in [-0.25, -0.2) is 0 Å². The Kier molecular flexibility index (Phi) is 6.55. The molecule has 2 saturated heterocycles. The van der Waals surface area contributed by atoms with Crippen molar-refractivity contribution in [2.75, 3.05) is 52.9 Å². The first-order chi connectivity index (χ1) is 15.3. The molecule has 2 unspecified atom stereocenters. The van der Waals surface area contributed by atoms with Gasteiger partial charge in [-0.2, -0.15) is 0 Å². The number of morpholine rings is 1. The van der Waals surface area contributed by atoms with Crippen LogP contribution in [0, 0.1) is 0 Å². The lowest BCUT2D eigenvalue weighted by atomic mass is 10.1. The molecule has 0 aliphatic carbocycles. The van der Waals surface area contributed by atoms with Gasteiger partial charge in [-0.15, -0.1) is 11.3 Å². The molecule has 1 aromatic carbocycles. The number of likely N-dealkylation sites (tertiary alicyclic amines) is 1. The van der Waals surface area contributed by atoms with Gasteiger partial charge in [0.2, 0.25) is 0 Å². The van der Waals surface area contributed by atoms with Gasteiger partial charge in [0.05, 0.1) is 18.8 Å². The lowest BCUT2D eigenvalue weighted by molar-refractivity contribution is -0.0502. The van der Waals surface area contributed by atoms with Crippen molar-refractivity contribution in [1.82, 2.24) is 20.0 Å². The SMILES string of the molecule is CN=C(NCCN1CCc2sccc2C1)N1CC2OCCN(Cc3ccccc3)C2C1. The van der Waals surface area contributed by atoms with E-state index < -0.39 is 0 Å². The van der Waals surface area contributed by atoms with Crippen LogP contribution in [-0.2, 0) is 24.2 Å². The van der Waals surface area contributed by atoms with Crippen molar-refractivity contribution in [3.63, 3.8) is 0 Å². The zero-order chi connectivity index (χ0) is 21.0. The van der Waals surface area contributed by atoms with E-state index in [1.165, 1.54) is 17.5 Å². The molecule has 2 fully saturated rings. The largest absolute Gasteiger partial charge is 0.373 e. The van der Waals surface area contributed by atoms with Crippen molar-refractivity contribution >= 4 is 17.3 Å². The molecule has 6 nitrogen and oxygen atoms in total. The van der Waals surface area contributed by atoms with Gasteiger partial charge in [0.25, 0.3) is 0 Å². The second-order valence-corrected chi connectivity index (χ2v) is 9.71. The van der Waals surface area contributed by atoms with Crippen LogP contribution in [0.5, 0.6) is 0 Å². The molecule has 3 aliphatic heterocycles. The van der Waals surface area contributed by atoms with E-state index in [0.717, 1.165) is 64.9 Å². The maximum Gasteiger partial charge on any atom is 0.193 e. The molecule has 31 heavy (non-hydrogen) atoms. The minimum atomic E-state index is 0.259. The maximum atomic E-state index is 6.15. The van der Waals surface area contributed by atoms with Gasteiger partial charge < -0.3 is 15.0 Å². The summed E-state index contributed by atoms with van der Waals surface area (Å²) in [6, 6.07) is 13.5. The molecule has 2 aromatic rings. The van der Waals surface area contributed by atoms with Crippen LogP contribution in [0.1, 0.15) is 16.0 Å². The molecule has 5 rings (SSSR count). The fourth-order valence-corrected chi connectivity index (χ4v) is 5.99. The Bertz CT molecular complexity index is 885. The van der Waals surface area contributed by atoms with Crippen LogP contribution in [0.4, 0.5) is 0 Å². The number of hydrogen-bond acceptors (Lipinski definition) is 5. The maximum absolute atomic E-state index is 6.15. The average Bonchev–Trinajstić information content (AvgIpc) is 3.44. The summed E-state index contributed by atoms with van der Waals surface area (Å²) in [6.45, 7) is 8.89. The highest BCUT2D eigenvalue weighted by Crippen LogP contribution is 2.25. The molecule has 1 aromatic heterocycles. The first kappa shape index (κ1) is 20.9. The van der Waals surface area contributed by atoms with Crippen LogP contribution in [0.2, 0.25) is 0 Å². The lowest BCUT2D eigenvalue weighted by Crippen LogP contribution is -2.50. The Morgan fingerprint density at radius 2 is 2.10 bits per heavy atom. The summed E-state index contributed by atoms with van der Waals surface area (Å²) in [4.78, 5) is 13.7. The summed E-state index contributed by atoms with van der Waals surface area (Å²) in [6.07, 6.45) is 1.45. The van der Waals surface area contributed by atoms with Crippen LogP contribution in [0.15, 0.2) is 46.8 Å². The molecule has 0 spiro atoms. The van der Waals surface area contributed by atoms with Crippen molar-refractivity contribution in [1.29, 1.82) is 0 Å². The number of aliphatic imine (C=N–C) groups is 1. The molecule has 0 amide bonds. The van der Waals surface area contributed by atoms with Crippen molar-refractivity contribution < 1.29 is 4.74 Å². The summed E-state index contributed by atoms with van der Waals surface area (Å²) < 4.78 is 6.15. The lowest BCUT2D eigenvalue weighted by Gasteiger charge is -2.36. The normalized spacial score (nSPS) is 24.8. The van der Waals surface area contributed by atoms with E-state index in [9.17, 15) is 0 Å². The number of guanidine groups is 1. The summed E-state index contributed by atoms with van der Waals surface area (Å²) in [5.74, 6) is 1.01. The molecule has 3 aliphatic rings. The second kappa shape index (κ2) is 9.69. The second-order valence-electron chi connectivity index (χ2n) is 8.71. The molecular weight excluding hydrogens is 406 g/mol. The van der Waals surface area contributed by atoms with Gasteiger partial charge >= 0.3 is 0 Å². The molecule has 0 radical (unpaired) electrons. The third-order valence-electron chi connectivity index (χ3n) is 6.75. The number of ether oxygens (including phenoxy) is 1. The Labute approximate surface area is 189 Å². The highest BCUT2D eigenvalue weighted by Gasteiger charge is 2.41. The van der Waals surface area contributed by atoms with Gasteiger partial charge in [0, 0.05) is 64.3 Å². The Balaban J connectivity index is 1.14. The Morgan fingerprint density at radius 3 is 2.97 bits per heavy atom. The molecule has 7 heteroatoms. The van der Waals surface area contributed by atoms with E-state index in [2.05, 4.69) is 66.8 Å². The fraction of sp³-hybridized carbons (Fsp3) is 0.542. The topological polar surface area (TPSA) is 43.3 Å². The zero-order valence-corrected chi connectivity index (χ0v) is 19.2. The van der Waals surface area contributed by atoms with Crippen LogP contribution in [0.25, 0.3) is 0 Å². The predicted octanol–water partition coefficient (Wildman–Crippen LogP) is 2.27. The Morgan fingerprint density at radius 1 is 1.19 bits per heavy atom. The van der Waals surface area contributed by atoms with Crippen LogP contribution in [0.3, 0.4) is 0 Å². The average molecular weight is 440 g/mol. The van der Waals surface area contributed by atoms with Crippen LogP contribution >= 0.6 is 11.3 Å². The van der Waals surface area contributed by atoms with Crippen molar-refractivity contribution in [3.05, 3.63) is 57.8 Å². The molecule has 2 atom stereocenters. The molecule has 1 N–H and O–H groups in total. The molecule has 4 heterocycles. The van der Waals surface area contributed by atoms with E-state index in [-0.39, 0.29) is 6.10 Å². The quantitative estimate of drug-likeness (QED) is 0.572. The third kappa shape index (κ3) is 4.80. The highest BCUT2D eigenvalue weighted by molar-refractivity contribution is 7.10. The number of fused-ring (bicyclic) bond motifs is 2. The van der Waals surface area contributed by atoms with Crippen molar-refractivity contribution in [3.8, 4) is 0 Å². The molecule has 166 valence electrons. The van der Waals surface area contributed by atoms with Gasteiger partial charge in [0.15, 0.2) is 5.96 Å². The van der Waals surface area contributed by atoms with Gasteiger partial charge in [-0.05, 0) is 29.0 Å². The van der Waals surface area contributed by atoms with Gasteiger partial charge in [-0.3, -0.25) is 14.8 Å². The van der Waals surface area contributed by atoms with Crippen LogP contribution < -0.4 is 5.32 Å². The van der Waals surface area contributed by atoms with E-state index in [1.807, 2.05) is 18.4 Å². The number of benzene rings is 1. The van der Waals surface area contributed by atoms with Gasteiger partial charge in [-0.1, -0.05) is 30.3 Å². The van der Waals surface area contributed by atoms with E-state index in [4.69, 9.17) is 4.74 Å². The molecule has 0 saturated carbocycles. The van der Waals surface area contributed by atoms with E-state index in [0.29, 0.717) is 6.04 Å². The number of nitrogens with one attached hydrogen (secondary N) is 1. The first-order valence-corrected chi connectivity index (χ1v) is 12.3. The zero-order valence-electron chi connectivity index (χ0n) is 18.4. The highest BCUT2D eigenvalue weighted by atomic mass is 32.1. The minimum Gasteiger partial charge on any atom is -0.373 e. The molecule has 0 bridgehead atoms. The standard InChI is InChI=1S/C24H33N5OS/c1-25-24(26-9-11-27-10-7-23-20(16-27)8-14-31-23)29-17-21-22(18-29)30-13-12-28(21)15-19-5-3-2-4-6-19/h2-6,8,14,21-22H,7,9-13,15-18H2,1H3,(H,25,26).